The molecule has 10 heteroatoms. The van der Waals surface area contributed by atoms with Crippen molar-refractivity contribution in [2.75, 3.05) is 11.9 Å². The van der Waals surface area contributed by atoms with Gasteiger partial charge in [-0.25, -0.2) is 0 Å². The molecule has 1 aliphatic rings. The first-order valence-electron chi connectivity index (χ1n) is 9.44. The van der Waals surface area contributed by atoms with Crippen LogP contribution in [0, 0.1) is 0 Å². The number of carbonyl (C=O) groups is 3. The van der Waals surface area contributed by atoms with Crippen LogP contribution in [0.5, 0.6) is 0 Å². The van der Waals surface area contributed by atoms with Gasteiger partial charge in [-0.1, -0.05) is 49.4 Å². The first-order valence-corrected chi connectivity index (χ1v) is 9.44. The fourth-order valence-corrected chi connectivity index (χ4v) is 3.31. The van der Waals surface area contributed by atoms with E-state index in [2.05, 4.69) is 10.6 Å². The van der Waals surface area contributed by atoms with E-state index in [9.17, 15) is 32.7 Å². The number of benzene rings is 2. The van der Waals surface area contributed by atoms with Crippen LogP contribution in [0.15, 0.2) is 48.5 Å². The van der Waals surface area contributed by atoms with Crippen LogP contribution < -0.4 is 16.0 Å². The Kier molecular flexibility index (Phi) is 6.03. The first-order chi connectivity index (χ1) is 14.6. The fourth-order valence-electron chi connectivity index (χ4n) is 3.31. The summed E-state index contributed by atoms with van der Waals surface area (Å²) in [5.41, 5.74) is -0.530. The van der Waals surface area contributed by atoms with E-state index in [4.69, 9.17) is 0 Å². The zero-order chi connectivity index (χ0) is 22.8. The Morgan fingerprint density at radius 1 is 1.03 bits per heavy atom. The van der Waals surface area contributed by atoms with E-state index in [1.54, 1.807) is 48.5 Å². The number of halogens is 3. The minimum atomic E-state index is -4.72. The minimum Gasteiger partial charge on any atom is -0.372 e. The molecule has 0 bridgehead atoms. The number of anilines is 1. The summed E-state index contributed by atoms with van der Waals surface area (Å²) >= 11 is 0. The lowest BCUT2D eigenvalue weighted by molar-refractivity contribution is -0.160. The van der Waals surface area contributed by atoms with Gasteiger partial charge in [0.1, 0.15) is 12.6 Å². The number of amides is 3. The van der Waals surface area contributed by atoms with Crippen molar-refractivity contribution in [3.8, 4) is 11.1 Å². The van der Waals surface area contributed by atoms with Gasteiger partial charge in [0.15, 0.2) is 0 Å². The fraction of sp³-hybridized carbons (Fsp3) is 0.286. The van der Waals surface area contributed by atoms with Crippen molar-refractivity contribution in [3.63, 3.8) is 0 Å². The largest absolute Gasteiger partial charge is 0.405 e. The second-order valence-corrected chi connectivity index (χ2v) is 7.04. The van der Waals surface area contributed by atoms with Crippen LogP contribution in [-0.4, -0.2) is 41.2 Å². The summed E-state index contributed by atoms with van der Waals surface area (Å²) in [4.78, 5) is 37.8. The number of carbonyl (C=O) groups excluding carboxylic acids is 3. The van der Waals surface area contributed by atoms with E-state index in [0.29, 0.717) is 22.4 Å². The number of para-hydroxylation sites is 1. The molecule has 31 heavy (non-hydrogen) atoms. The molecular weight excluding hydrogens is 415 g/mol. The average Bonchev–Trinajstić information content (AvgIpc) is 2.85. The van der Waals surface area contributed by atoms with E-state index in [0.717, 1.165) is 0 Å². The van der Waals surface area contributed by atoms with Gasteiger partial charge in [-0.2, -0.15) is 13.2 Å². The number of aliphatic hydroxyl groups is 1. The summed E-state index contributed by atoms with van der Waals surface area (Å²) in [5.74, 6) is -3.41. The zero-order valence-electron chi connectivity index (χ0n) is 16.4. The molecule has 1 heterocycles. The number of nitrogens with one attached hydrogen (secondary N) is 3. The Morgan fingerprint density at radius 2 is 1.65 bits per heavy atom. The van der Waals surface area contributed by atoms with Gasteiger partial charge in [-0.15, -0.1) is 0 Å². The van der Waals surface area contributed by atoms with Crippen molar-refractivity contribution in [3.05, 3.63) is 54.1 Å². The first kappa shape index (κ1) is 22.3. The second-order valence-electron chi connectivity index (χ2n) is 7.04. The van der Waals surface area contributed by atoms with Crippen molar-refractivity contribution in [2.45, 2.75) is 31.2 Å². The van der Waals surface area contributed by atoms with Gasteiger partial charge >= 0.3 is 6.18 Å². The molecule has 3 rings (SSSR count). The summed E-state index contributed by atoms with van der Waals surface area (Å²) in [6, 6.07) is 12.4. The lowest BCUT2D eigenvalue weighted by Crippen LogP contribution is -2.59. The maximum Gasteiger partial charge on any atom is 0.405 e. The van der Waals surface area contributed by atoms with Gasteiger partial charge in [0.05, 0.1) is 0 Å². The molecule has 0 unspecified atom stereocenters. The summed E-state index contributed by atoms with van der Waals surface area (Å²) < 4.78 is 37.3. The van der Waals surface area contributed by atoms with Crippen molar-refractivity contribution in [2.24, 2.45) is 0 Å². The van der Waals surface area contributed by atoms with Crippen LogP contribution in [0.2, 0.25) is 0 Å². The molecule has 0 fully saturated rings. The molecule has 0 aliphatic carbocycles. The molecule has 2 aromatic carbocycles. The van der Waals surface area contributed by atoms with Crippen LogP contribution in [0.4, 0.5) is 18.9 Å². The SMILES string of the molecule is CC[C@@](O)(C(=O)NCC(F)(F)F)C(=O)N[C@@H]1C(=O)Nc2ccccc2-c2ccccc21. The van der Waals surface area contributed by atoms with E-state index in [1.165, 1.54) is 12.2 Å². The molecule has 0 saturated carbocycles. The minimum absolute atomic E-state index is 0.410. The zero-order valence-corrected chi connectivity index (χ0v) is 16.4. The topological polar surface area (TPSA) is 108 Å². The molecule has 2 aromatic rings. The lowest BCUT2D eigenvalue weighted by atomic mass is 9.93. The van der Waals surface area contributed by atoms with Crippen LogP contribution in [0.1, 0.15) is 24.9 Å². The van der Waals surface area contributed by atoms with Gasteiger partial charge in [0.25, 0.3) is 17.7 Å². The highest BCUT2D eigenvalue weighted by atomic mass is 19.4. The standard InChI is InChI=1S/C21H20F3N3O4/c1-2-20(31,18(29)25-11-21(22,23)24)19(30)27-16-14-9-4-3-7-12(14)13-8-5-6-10-15(13)26-17(16)28/h3-10,16,31H,2,11H2,1H3,(H,25,29)(H,26,28)(H,27,30)/t16-,20+/m0/s1. The Balaban J connectivity index is 1.91. The highest BCUT2D eigenvalue weighted by Crippen LogP contribution is 2.37. The molecule has 0 aromatic heterocycles. The Labute approximate surface area is 175 Å². The molecule has 0 radical (unpaired) electrons. The summed E-state index contributed by atoms with van der Waals surface area (Å²) in [7, 11) is 0. The van der Waals surface area contributed by atoms with E-state index in [1.807, 2.05) is 0 Å². The monoisotopic (exact) mass is 435 g/mol. The van der Waals surface area contributed by atoms with Crippen molar-refractivity contribution in [1.82, 2.24) is 10.6 Å². The Hall–Kier alpha value is -3.40. The molecular formula is C21H20F3N3O4. The van der Waals surface area contributed by atoms with Crippen LogP contribution in [-0.2, 0) is 14.4 Å². The summed E-state index contributed by atoms with van der Waals surface area (Å²) in [6.45, 7) is -0.437. The van der Waals surface area contributed by atoms with E-state index in [-0.39, 0.29) is 0 Å². The summed E-state index contributed by atoms with van der Waals surface area (Å²) in [5, 5.41) is 17.1. The maximum absolute atomic E-state index is 12.9. The molecule has 0 saturated heterocycles. The summed E-state index contributed by atoms with van der Waals surface area (Å²) in [6.07, 6.45) is -5.22. The molecule has 0 spiro atoms. The molecule has 1 aliphatic heterocycles. The molecule has 2 atom stereocenters. The third-order valence-electron chi connectivity index (χ3n) is 5.00. The van der Waals surface area contributed by atoms with Crippen LogP contribution in [0.3, 0.4) is 0 Å². The van der Waals surface area contributed by atoms with Gasteiger partial charge in [0.2, 0.25) is 5.60 Å². The van der Waals surface area contributed by atoms with Gasteiger partial charge in [-0.3, -0.25) is 14.4 Å². The smallest absolute Gasteiger partial charge is 0.372 e. The Morgan fingerprint density at radius 3 is 2.29 bits per heavy atom. The van der Waals surface area contributed by atoms with Gasteiger partial charge in [0, 0.05) is 11.3 Å². The van der Waals surface area contributed by atoms with E-state index >= 15 is 0 Å². The van der Waals surface area contributed by atoms with Crippen LogP contribution >= 0.6 is 0 Å². The number of fused-ring (bicyclic) bond motifs is 3. The highest BCUT2D eigenvalue weighted by molar-refractivity contribution is 6.11. The number of hydrogen-bond donors (Lipinski definition) is 4. The third-order valence-corrected chi connectivity index (χ3v) is 5.00. The lowest BCUT2D eigenvalue weighted by Gasteiger charge is -2.27. The molecule has 4 N–H and O–H groups in total. The number of hydrogen-bond acceptors (Lipinski definition) is 4. The van der Waals surface area contributed by atoms with Crippen molar-refractivity contribution in [1.29, 1.82) is 0 Å². The quantitative estimate of drug-likeness (QED) is 0.541. The van der Waals surface area contributed by atoms with E-state index < -0.39 is 48.5 Å². The normalized spacial score (nSPS) is 17.3. The predicted octanol–water partition coefficient (Wildman–Crippen LogP) is 2.28. The highest BCUT2D eigenvalue weighted by Gasteiger charge is 2.45. The van der Waals surface area contributed by atoms with Crippen molar-refractivity contribution < 1.29 is 32.7 Å². The number of alkyl halides is 3. The molecule has 3 amide bonds. The predicted molar refractivity (Wildman–Crippen MR) is 106 cm³/mol. The molecule has 164 valence electrons. The number of rotatable bonds is 5. The van der Waals surface area contributed by atoms with Crippen LogP contribution in [0.25, 0.3) is 11.1 Å². The molecule has 7 nitrogen and oxygen atoms in total. The maximum atomic E-state index is 12.9. The van der Waals surface area contributed by atoms with Gasteiger partial charge < -0.3 is 21.1 Å². The van der Waals surface area contributed by atoms with Gasteiger partial charge in [-0.05, 0) is 23.6 Å². The second kappa shape index (κ2) is 8.38. The average molecular weight is 435 g/mol. The van der Waals surface area contributed by atoms with Crippen molar-refractivity contribution >= 4 is 23.4 Å². The Bertz CT molecular complexity index is 1020. The third kappa shape index (κ3) is 4.53.